The SMILES string of the molecule is OCc1cc(C(O)CN(CCCCCCOCCCCc2ccccc2)Cc2cc(C(O)CNCCCCCCOCCCCc3ccccc3)ccc2O)ccc1O.OCc1cc(C(O)COc2ccc(C(O)CCCCCCCCOCCCCc3ccccc3)cc2CO)ccc1O. The Kier molecular flexibility index (Phi) is 42.4. The maximum atomic E-state index is 11.3. The van der Waals surface area contributed by atoms with E-state index >= 15 is 0 Å². The summed E-state index contributed by atoms with van der Waals surface area (Å²) < 4.78 is 23.3. The van der Waals surface area contributed by atoms with Gasteiger partial charge in [-0.15, -0.1) is 0 Å². The van der Waals surface area contributed by atoms with Gasteiger partial charge in [0.15, 0.2) is 0 Å². The minimum atomic E-state index is -0.976. The van der Waals surface area contributed by atoms with Gasteiger partial charge in [-0.05, 0) is 197 Å². The molecule has 0 amide bonds. The summed E-state index contributed by atoms with van der Waals surface area (Å²) >= 11 is 0. The average Bonchev–Trinajstić information content (AvgIpc) is 1.35. The second-order valence-electron chi connectivity index (χ2n) is 26.7. The van der Waals surface area contributed by atoms with Gasteiger partial charge in [-0.25, -0.2) is 0 Å². The summed E-state index contributed by atoms with van der Waals surface area (Å²) in [6, 6.07) is 51.6. The molecule has 16 heteroatoms. The number of nitrogens with one attached hydrogen (secondary N) is 1. The molecule has 0 fully saturated rings. The molecule has 0 saturated carbocycles. The number of rotatable bonds is 54. The monoisotopic (exact) mass is 1390 g/mol. The summed E-state index contributed by atoms with van der Waals surface area (Å²) in [7, 11) is 0. The quantitative estimate of drug-likeness (QED) is 0.0159. The molecule has 0 spiro atoms. The van der Waals surface area contributed by atoms with Crippen LogP contribution in [0.5, 0.6) is 23.0 Å². The lowest BCUT2D eigenvalue weighted by Gasteiger charge is -2.26. The summed E-state index contributed by atoms with van der Waals surface area (Å²) in [5, 5.41) is 106. The van der Waals surface area contributed by atoms with Crippen molar-refractivity contribution in [1.29, 1.82) is 0 Å². The molecule has 4 atom stereocenters. The van der Waals surface area contributed by atoms with Crippen molar-refractivity contribution < 1.29 is 70.0 Å². The predicted octanol–water partition coefficient (Wildman–Crippen LogP) is 15.2. The first-order valence-electron chi connectivity index (χ1n) is 37.5. The molecule has 4 unspecified atom stereocenters. The maximum absolute atomic E-state index is 11.3. The summed E-state index contributed by atoms with van der Waals surface area (Å²) in [4.78, 5) is 2.12. The lowest BCUT2D eigenvalue weighted by Crippen LogP contribution is -2.30. The summed E-state index contributed by atoms with van der Waals surface area (Å²) in [6.45, 7) is 6.51. The Labute approximate surface area is 602 Å². The molecule has 7 rings (SSSR count). The Morgan fingerprint density at radius 3 is 1.21 bits per heavy atom. The van der Waals surface area contributed by atoms with E-state index in [0.29, 0.717) is 71.7 Å². The van der Waals surface area contributed by atoms with Crippen molar-refractivity contribution in [2.75, 3.05) is 72.4 Å². The minimum absolute atomic E-state index is 0.00643. The van der Waals surface area contributed by atoms with E-state index in [1.165, 1.54) is 41.3 Å². The number of aryl methyl sites for hydroxylation is 3. The molecule has 0 aromatic heterocycles. The number of aromatic hydroxyl groups is 3. The van der Waals surface area contributed by atoms with E-state index in [2.05, 4.69) is 95.1 Å². The van der Waals surface area contributed by atoms with E-state index in [4.69, 9.17) is 18.9 Å². The van der Waals surface area contributed by atoms with E-state index < -0.39 is 24.4 Å². The van der Waals surface area contributed by atoms with Gasteiger partial charge < -0.3 is 75.3 Å². The topological polar surface area (TPSA) is 254 Å². The number of phenols is 3. The normalized spacial score (nSPS) is 12.7. The lowest BCUT2D eigenvalue weighted by molar-refractivity contribution is 0.106. The van der Waals surface area contributed by atoms with Crippen LogP contribution in [0.1, 0.15) is 220 Å². The molecule has 0 aliphatic carbocycles. The molecule has 0 heterocycles. The van der Waals surface area contributed by atoms with Gasteiger partial charge in [0, 0.05) is 81.5 Å². The van der Waals surface area contributed by atoms with Crippen LogP contribution < -0.4 is 10.1 Å². The third-order valence-electron chi connectivity index (χ3n) is 18.5. The van der Waals surface area contributed by atoms with Crippen LogP contribution in [0.25, 0.3) is 0 Å². The molecule has 0 bridgehead atoms. The van der Waals surface area contributed by atoms with Crippen LogP contribution in [0.15, 0.2) is 164 Å². The Hall–Kier alpha value is -6.74. The highest BCUT2D eigenvalue weighted by molar-refractivity contribution is 5.40. The van der Waals surface area contributed by atoms with Gasteiger partial charge in [0.05, 0.1) is 38.1 Å². The van der Waals surface area contributed by atoms with Gasteiger partial charge in [-0.2, -0.15) is 0 Å². The standard InChI is InChI=1S/C50H72N2O7.C35H48O7/c53-40-46-36-44(26-28-48(46)55)50(57)39-52(30-14-2-4-16-32-59-34-18-12-24-42-21-9-6-10-22-42)38-45-35-43(25-27-47(45)54)49(56)37-51-29-13-1-3-15-31-58-33-17-11-23-41-19-7-5-8-20-41;36-24-30-22-29(16-18-33(30)39)34(40)26-42-35-19-17-28(23-31(35)25-37)32(38)15-8-3-1-2-4-10-20-41-21-11-9-14-27-12-6-5-7-13-27/h5-10,19-22,25-28,35-36,49-51,53-57H,1-4,11-18,23-24,29-34,37-40H2;5-7,12-13,16-19,22-23,32,34,36-40H,1-4,8-11,14-15,20-21,24-26H2. The van der Waals surface area contributed by atoms with Gasteiger partial charge in [0.2, 0.25) is 0 Å². The molecule has 0 radical (unpaired) electrons. The van der Waals surface area contributed by atoms with Crippen molar-refractivity contribution in [3.05, 3.63) is 225 Å². The Balaban J connectivity index is 0.000000336. The van der Waals surface area contributed by atoms with Crippen molar-refractivity contribution in [3.63, 3.8) is 0 Å². The second kappa shape index (κ2) is 51.4. The average molecular weight is 1390 g/mol. The van der Waals surface area contributed by atoms with Crippen molar-refractivity contribution >= 4 is 0 Å². The zero-order valence-electron chi connectivity index (χ0n) is 60.0. The number of phenolic OH excluding ortho intramolecular Hbond substituents is 1. The summed E-state index contributed by atoms with van der Waals surface area (Å²) in [5.74, 6) is 0.545. The van der Waals surface area contributed by atoms with Crippen LogP contribution in [0.2, 0.25) is 0 Å². The molecule has 11 N–H and O–H groups in total. The minimum Gasteiger partial charge on any atom is -0.508 e. The smallest absolute Gasteiger partial charge is 0.124 e. The lowest BCUT2D eigenvalue weighted by atomic mass is 10.00. The van der Waals surface area contributed by atoms with E-state index in [1.54, 1.807) is 48.5 Å². The molecule has 7 aromatic rings. The van der Waals surface area contributed by atoms with Crippen LogP contribution in [-0.4, -0.2) is 128 Å². The van der Waals surface area contributed by atoms with Crippen LogP contribution in [0.3, 0.4) is 0 Å². The van der Waals surface area contributed by atoms with Gasteiger partial charge in [-0.3, -0.25) is 4.90 Å². The van der Waals surface area contributed by atoms with Crippen molar-refractivity contribution in [1.82, 2.24) is 10.2 Å². The molecule has 554 valence electrons. The molecule has 7 aromatic carbocycles. The number of hydrogen-bond acceptors (Lipinski definition) is 16. The first kappa shape index (κ1) is 83.2. The highest BCUT2D eigenvalue weighted by Gasteiger charge is 2.20. The highest BCUT2D eigenvalue weighted by Crippen LogP contribution is 2.31. The molecule has 0 saturated heterocycles. The first-order chi connectivity index (χ1) is 49.4. The molecular formula is C85H120N2O14. The van der Waals surface area contributed by atoms with Gasteiger partial charge in [0.25, 0.3) is 0 Å². The number of aliphatic hydroxyl groups excluding tert-OH is 7. The highest BCUT2D eigenvalue weighted by atomic mass is 16.5. The van der Waals surface area contributed by atoms with Crippen LogP contribution in [0, 0.1) is 0 Å². The Morgan fingerprint density at radius 2 is 0.723 bits per heavy atom. The van der Waals surface area contributed by atoms with Crippen LogP contribution >= 0.6 is 0 Å². The third-order valence-corrected chi connectivity index (χ3v) is 18.5. The number of hydrogen-bond donors (Lipinski definition) is 11. The Morgan fingerprint density at radius 1 is 0.347 bits per heavy atom. The molecule has 101 heavy (non-hydrogen) atoms. The van der Waals surface area contributed by atoms with E-state index in [-0.39, 0.29) is 43.7 Å². The first-order valence-corrected chi connectivity index (χ1v) is 37.5. The number of ether oxygens (including phenoxy) is 4. The summed E-state index contributed by atoms with van der Waals surface area (Å²) in [5.41, 5.74) is 8.66. The van der Waals surface area contributed by atoms with Crippen LogP contribution in [-0.2, 0) is 59.8 Å². The van der Waals surface area contributed by atoms with Gasteiger partial charge in [-0.1, -0.05) is 173 Å². The predicted molar refractivity (Wildman–Crippen MR) is 402 cm³/mol. The summed E-state index contributed by atoms with van der Waals surface area (Å²) in [6.07, 6.45) is 22.3. The Bertz CT molecular complexity index is 3230. The fourth-order valence-corrected chi connectivity index (χ4v) is 12.3. The van der Waals surface area contributed by atoms with Gasteiger partial charge in [0.1, 0.15) is 35.7 Å². The number of aliphatic hydroxyl groups is 7. The maximum Gasteiger partial charge on any atom is 0.124 e. The fourth-order valence-electron chi connectivity index (χ4n) is 12.3. The molecule has 0 aliphatic heterocycles. The zero-order chi connectivity index (χ0) is 71.8. The molecule has 16 nitrogen and oxygen atoms in total. The number of benzene rings is 7. The fraction of sp³-hybridized carbons (Fsp3) is 0.506. The number of nitrogens with zero attached hydrogens (tertiary/aromatic N) is 1. The van der Waals surface area contributed by atoms with Crippen molar-refractivity contribution in [2.24, 2.45) is 0 Å². The van der Waals surface area contributed by atoms with E-state index in [9.17, 15) is 51.1 Å². The van der Waals surface area contributed by atoms with Gasteiger partial charge >= 0.3 is 0 Å². The van der Waals surface area contributed by atoms with E-state index in [1.807, 2.05) is 12.1 Å². The zero-order valence-corrected chi connectivity index (χ0v) is 60.0. The molecular weight excluding hydrogens is 1270 g/mol. The number of unbranched alkanes of at least 4 members (excludes halogenated alkanes) is 14. The molecule has 0 aliphatic rings. The third kappa shape index (κ3) is 34.4. The van der Waals surface area contributed by atoms with E-state index in [0.717, 1.165) is 199 Å². The van der Waals surface area contributed by atoms with Crippen molar-refractivity contribution in [3.8, 4) is 23.0 Å². The van der Waals surface area contributed by atoms with Crippen LogP contribution in [0.4, 0.5) is 0 Å². The second-order valence-corrected chi connectivity index (χ2v) is 26.7. The largest absolute Gasteiger partial charge is 0.508 e. The van der Waals surface area contributed by atoms with Crippen molar-refractivity contribution in [2.45, 2.75) is 205 Å².